The van der Waals surface area contributed by atoms with Crippen LogP contribution in [0.4, 0.5) is 0 Å². The van der Waals surface area contributed by atoms with Crippen molar-refractivity contribution in [2.24, 2.45) is 4.99 Å². The van der Waals surface area contributed by atoms with Gasteiger partial charge < -0.3 is 14.8 Å². The molecule has 0 amide bonds. The minimum absolute atomic E-state index is 0.482. The Balaban J connectivity index is 1.77. The third-order valence-corrected chi connectivity index (χ3v) is 4.23. The number of hydrogen-bond donors (Lipinski definition) is 1. The minimum Gasteiger partial charge on any atom is -0.493 e. The van der Waals surface area contributed by atoms with Crippen LogP contribution in [0.15, 0.2) is 51.9 Å². The molecule has 0 spiro atoms. The first-order valence-corrected chi connectivity index (χ1v) is 7.90. The molecule has 0 saturated carbocycles. The normalized spacial score (nSPS) is 13.5. The van der Waals surface area contributed by atoms with Crippen molar-refractivity contribution in [3.05, 3.63) is 58.1 Å². The van der Waals surface area contributed by atoms with Crippen LogP contribution in [0.2, 0.25) is 0 Å². The number of amidine groups is 1. The van der Waals surface area contributed by atoms with E-state index < -0.39 is 0 Å². The van der Waals surface area contributed by atoms with Crippen LogP contribution in [-0.4, -0.2) is 26.0 Å². The average Bonchev–Trinajstić information content (AvgIpc) is 3.08. The summed E-state index contributed by atoms with van der Waals surface area (Å²) in [4.78, 5) is 4.42. The lowest BCUT2D eigenvalue weighted by atomic mass is 10.2. The molecular weight excluding hydrogens is 344 g/mol. The summed E-state index contributed by atoms with van der Waals surface area (Å²) < 4.78 is 12.4. The van der Waals surface area contributed by atoms with Crippen LogP contribution < -0.4 is 14.8 Å². The van der Waals surface area contributed by atoms with E-state index in [0.29, 0.717) is 12.4 Å². The highest BCUT2D eigenvalue weighted by Crippen LogP contribution is 2.30. The average molecular weight is 361 g/mol. The number of rotatable bonds is 5. The fourth-order valence-electron chi connectivity index (χ4n) is 2.30. The van der Waals surface area contributed by atoms with Crippen LogP contribution in [0.3, 0.4) is 0 Å². The molecule has 0 unspecified atom stereocenters. The maximum Gasteiger partial charge on any atom is 0.161 e. The Morgan fingerprint density at radius 2 is 2.05 bits per heavy atom. The summed E-state index contributed by atoms with van der Waals surface area (Å²) >= 11 is 3.53. The molecule has 3 rings (SSSR count). The number of aliphatic imine (C=N–C) groups is 1. The van der Waals surface area contributed by atoms with Crippen LogP contribution in [0.25, 0.3) is 0 Å². The van der Waals surface area contributed by atoms with Crippen LogP contribution >= 0.6 is 15.9 Å². The zero-order valence-corrected chi connectivity index (χ0v) is 13.9. The maximum atomic E-state index is 5.90. The molecule has 0 aromatic heterocycles. The van der Waals surface area contributed by atoms with Crippen molar-refractivity contribution in [2.45, 2.75) is 6.61 Å². The van der Waals surface area contributed by atoms with Crippen molar-refractivity contribution in [1.29, 1.82) is 0 Å². The van der Waals surface area contributed by atoms with E-state index in [1.54, 1.807) is 7.11 Å². The number of halogens is 1. The Labute approximate surface area is 138 Å². The molecule has 1 aliphatic rings. The highest BCUT2D eigenvalue weighted by atomic mass is 79.9. The van der Waals surface area contributed by atoms with Gasteiger partial charge in [-0.1, -0.05) is 34.1 Å². The number of nitrogens with zero attached hydrogens (tertiary/aromatic N) is 1. The van der Waals surface area contributed by atoms with E-state index in [1.165, 1.54) is 0 Å². The van der Waals surface area contributed by atoms with E-state index in [0.717, 1.165) is 40.3 Å². The molecule has 0 fully saturated rings. The van der Waals surface area contributed by atoms with Crippen LogP contribution in [-0.2, 0) is 6.61 Å². The Hall–Kier alpha value is -2.01. The molecule has 2 aromatic rings. The van der Waals surface area contributed by atoms with Crippen molar-refractivity contribution in [3.8, 4) is 11.5 Å². The molecule has 0 saturated heterocycles. The van der Waals surface area contributed by atoms with Crippen LogP contribution in [0.1, 0.15) is 11.1 Å². The van der Waals surface area contributed by atoms with Gasteiger partial charge in [0.15, 0.2) is 11.5 Å². The monoisotopic (exact) mass is 360 g/mol. The first-order valence-electron chi connectivity index (χ1n) is 7.11. The van der Waals surface area contributed by atoms with E-state index in [4.69, 9.17) is 9.47 Å². The quantitative estimate of drug-likeness (QED) is 0.888. The number of methoxy groups -OCH3 is 1. The Morgan fingerprint density at radius 3 is 2.77 bits per heavy atom. The van der Waals surface area contributed by atoms with Crippen molar-refractivity contribution in [2.75, 3.05) is 20.2 Å². The summed E-state index contributed by atoms with van der Waals surface area (Å²) in [5.74, 6) is 2.34. The van der Waals surface area contributed by atoms with Crippen LogP contribution in [0, 0.1) is 0 Å². The standard InChI is InChI=1S/C17H17BrN2O2/c1-21-16-10-12(17-19-8-9-20-17)6-7-15(16)22-11-13-4-2-3-5-14(13)18/h2-7,10H,8-9,11H2,1H3,(H,19,20). The SMILES string of the molecule is COc1cc(C2=NCCN2)ccc1OCc1ccccc1Br. The van der Waals surface area contributed by atoms with E-state index in [9.17, 15) is 0 Å². The van der Waals surface area contributed by atoms with Gasteiger partial charge in [0, 0.05) is 22.1 Å². The summed E-state index contributed by atoms with van der Waals surface area (Å²) in [5, 5.41) is 3.26. The van der Waals surface area contributed by atoms with Crippen molar-refractivity contribution >= 4 is 21.8 Å². The summed E-state index contributed by atoms with van der Waals surface area (Å²) in [6.07, 6.45) is 0. The largest absolute Gasteiger partial charge is 0.493 e. The molecule has 1 aliphatic heterocycles. The van der Waals surface area contributed by atoms with Crippen molar-refractivity contribution in [1.82, 2.24) is 5.32 Å². The predicted molar refractivity (Wildman–Crippen MR) is 90.9 cm³/mol. The Bertz CT molecular complexity index is 701. The van der Waals surface area contributed by atoms with E-state index in [2.05, 4.69) is 26.2 Å². The van der Waals surface area contributed by atoms with Gasteiger partial charge in [-0.05, 0) is 24.3 Å². The molecule has 1 N–H and O–H groups in total. The fraction of sp³-hybridized carbons (Fsp3) is 0.235. The second-order valence-electron chi connectivity index (χ2n) is 4.90. The Kier molecular flexibility index (Phi) is 4.63. The number of nitrogens with one attached hydrogen (secondary N) is 1. The van der Waals surface area contributed by atoms with Gasteiger partial charge in [0.2, 0.25) is 0 Å². The molecular formula is C17H17BrN2O2. The molecule has 5 heteroatoms. The summed E-state index contributed by atoms with van der Waals surface area (Å²) in [7, 11) is 1.65. The summed E-state index contributed by atoms with van der Waals surface area (Å²) in [5.41, 5.74) is 2.11. The number of benzene rings is 2. The smallest absolute Gasteiger partial charge is 0.161 e. The third kappa shape index (κ3) is 3.25. The van der Waals surface area contributed by atoms with Crippen molar-refractivity contribution in [3.63, 3.8) is 0 Å². The van der Waals surface area contributed by atoms with E-state index >= 15 is 0 Å². The van der Waals surface area contributed by atoms with E-state index in [-0.39, 0.29) is 0 Å². The topological polar surface area (TPSA) is 42.8 Å². The molecule has 4 nitrogen and oxygen atoms in total. The first-order chi connectivity index (χ1) is 10.8. The molecule has 1 heterocycles. The first kappa shape index (κ1) is 14.9. The van der Waals surface area contributed by atoms with Gasteiger partial charge in [-0.25, -0.2) is 0 Å². The fourth-order valence-corrected chi connectivity index (χ4v) is 2.70. The van der Waals surface area contributed by atoms with Gasteiger partial charge in [-0.15, -0.1) is 0 Å². The Morgan fingerprint density at radius 1 is 1.18 bits per heavy atom. The highest BCUT2D eigenvalue weighted by Gasteiger charge is 2.12. The molecule has 2 aromatic carbocycles. The lowest BCUT2D eigenvalue weighted by Gasteiger charge is -2.13. The number of ether oxygens (including phenoxy) is 2. The summed E-state index contributed by atoms with van der Waals surface area (Å²) in [6.45, 7) is 2.19. The van der Waals surface area contributed by atoms with Gasteiger partial charge in [-0.2, -0.15) is 0 Å². The lowest BCUT2D eigenvalue weighted by molar-refractivity contribution is 0.284. The van der Waals surface area contributed by atoms with Crippen molar-refractivity contribution < 1.29 is 9.47 Å². The number of hydrogen-bond acceptors (Lipinski definition) is 4. The highest BCUT2D eigenvalue weighted by molar-refractivity contribution is 9.10. The van der Waals surface area contributed by atoms with Gasteiger partial charge in [-0.3, -0.25) is 4.99 Å². The molecule has 0 aliphatic carbocycles. The second-order valence-corrected chi connectivity index (χ2v) is 5.76. The molecule has 22 heavy (non-hydrogen) atoms. The van der Waals surface area contributed by atoms with Gasteiger partial charge in [0.05, 0.1) is 13.7 Å². The van der Waals surface area contributed by atoms with E-state index in [1.807, 2.05) is 42.5 Å². The second kappa shape index (κ2) is 6.83. The predicted octanol–water partition coefficient (Wildman–Crippen LogP) is 3.39. The van der Waals surface area contributed by atoms with Crippen LogP contribution in [0.5, 0.6) is 11.5 Å². The minimum atomic E-state index is 0.482. The molecule has 0 atom stereocenters. The molecule has 0 bridgehead atoms. The van der Waals surface area contributed by atoms with Gasteiger partial charge in [0.1, 0.15) is 12.4 Å². The lowest BCUT2D eigenvalue weighted by Crippen LogP contribution is -2.19. The maximum absolute atomic E-state index is 5.90. The summed E-state index contributed by atoms with van der Waals surface area (Å²) in [6, 6.07) is 13.9. The molecule has 114 valence electrons. The molecule has 0 radical (unpaired) electrons. The third-order valence-electron chi connectivity index (χ3n) is 3.45. The zero-order valence-electron chi connectivity index (χ0n) is 12.3. The zero-order chi connectivity index (χ0) is 15.4. The van der Waals surface area contributed by atoms with Gasteiger partial charge in [0.25, 0.3) is 0 Å². The van der Waals surface area contributed by atoms with Gasteiger partial charge >= 0.3 is 0 Å².